The number of hydrogen-bond donors (Lipinski definition) is 2. The Morgan fingerprint density at radius 1 is 1.13 bits per heavy atom. The number of carbonyl (C=O) groups is 2. The van der Waals surface area contributed by atoms with Gasteiger partial charge in [0.2, 0.25) is 15.8 Å². The van der Waals surface area contributed by atoms with E-state index in [9.17, 15) is 27.6 Å². The number of benzene rings is 1. The molecule has 1 heterocycles. The second kappa shape index (κ2) is 9.00. The van der Waals surface area contributed by atoms with Gasteiger partial charge in [0, 0.05) is 14.1 Å². The average Bonchev–Trinajstić information content (AvgIpc) is 2.69. The first-order valence-corrected chi connectivity index (χ1v) is 10.3. The first-order valence-electron chi connectivity index (χ1n) is 8.06. The molecule has 3 N–H and O–H groups in total. The fraction of sp³-hybridized carbons (Fsp3) is 0.250. The maximum atomic E-state index is 12.2. The summed E-state index contributed by atoms with van der Waals surface area (Å²) in [4.78, 5) is 47.7. The minimum Gasteiger partial charge on any atom is -0.456 e. The molecule has 0 spiro atoms. The molecule has 0 aliphatic rings. The quantitative estimate of drug-likeness (QED) is 0.404. The van der Waals surface area contributed by atoms with Gasteiger partial charge in [0.25, 0.3) is 5.56 Å². The summed E-state index contributed by atoms with van der Waals surface area (Å²) >= 11 is 11.5. The Kier molecular flexibility index (Phi) is 7.08. The van der Waals surface area contributed by atoms with Gasteiger partial charge in [-0.3, -0.25) is 23.5 Å². The Labute approximate surface area is 180 Å². The number of aromatic nitrogens is 2. The monoisotopic (exact) mass is 478 g/mol. The zero-order valence-electron chi connectivity index (χ0n) is 15.6. The summed E-state index contributed by atoms with van der Waals surface area (Å²) in [5.41, 5.74) is 3.43. The van der Waals surface area contributed by atoms with Crippen molar-refractivity contribution in [3.8, 4) is 0 Å². The van der Waals surface area contributed by atoms with Crippen LogP contribution in [0.25, 0.3) is 0 Å². The van der Waals surface area contributed by atoms with Crippen molar-refractivity contribution in [1.82, 2.24) is 13.9 Å². The molecule has 0 bridgehead atoms. The van der Waals surface area contributed by atoms with Crippen molar-refractivity contribution in [2.45, 2.75) is 4.90 Å². The maximum absolute atomic E-state index is 12.2. The molecule has 2 aromatic rings. The van der Waals surface area contributed by atoms with Crippen LogP contribution < -0.4 is 21.7 Å². The molecule has 0 aliphatic carbocycles. The lowest BCUT2D eigenvalue weighted by atomic mass is 10.2. The fourth-order valence-electron chi connectivity index (χ4n) is 2.27. The van der Waals surface area contributed by atoms with Gasteiger partial charge in [-0.1, -0.05) is 23.2 Å². The minimum absolute atomic E-state index is 0.00384. The van der Waals surface area contributed by atoms with Crippen LogP contribution in [0.5, 0.6) is 0 Å². The number of sulfonamides is 1. The molecule has 0 saturated heterocycles. The summed E-state index contributed by atoms with van der Waals surface area (Å²) < 4.78 is 32.6. The number of ether oxygens (including phenoxy) is 1. The lowest BCUT2D eigenvalue weighted by molar-refractivity contribution is -0.141. The highest BCUT2D eigenvalue weighted by Crippen LogP contribution is 2.24. The van der Waals surface area contributed by atoms with Gasteiger partial charge in [0.15, 0.2) is 6.61 Å². The molecule has 162 valence electrons. The second-order valence-corrected chi connectivity index (χ2v) is 8.53. The van der Waals surface area contributed by atoms with Crippen LogP contribution in [-0.2, 0) is 33.7 Å². The number of carbonyl (C=O) groups excluding carboxylic acids is 2. The Morgan fingerprint density at radius 3 is 2.37 bits per heavy atom. The molecule has 0 saturated carbocycles. The SMILES string of the molecule is Cn1c(N)c(C(=O)COC(=O)CNS(=O)(=O)c2ccc(Cl)c(Cl)c2)c(=O)n(C)c1=O. The molecule has 0 unspecified atom stereocenters. The fourth-order valence-corrected chi connectivity index (χ4v) is 3.63. The minimum atomic E-state index is -4.11. The Bertz CT molecular complexity index is 1250. The topological polar surface area (TPSA) is 160 Å². The van der Waals surface area contributed by atoms with Crippen LogP contribution >= 0.6 is 23.2 Å². The van der Waals surface area contributed by atoms with Crippen LogP contribution in [0.3, 0.4) is 0 Å². The van der Waals surface area contributed by atoms with Gasteiger partial charge >= 0.3 is 11.7 Å². The summed E-state index contributed by atoms with van der Waals surface area (Å²) in [6.45, 7) is -1.68. The molecule has 1 aromatic carbocycles. The van der Waals surface area contributed by atoms with E-state index in [-0.39, 0.29) is 20.8 Å². The average molecular weight is 479 g/mol. The van der Waals surface area contributed by atoms with Crippen LogP contribution in [-0.4, -0.2) is 42.5 Å². The lowest BCUT2D eigenvalue weighted by Gasteiger charge is -2.11. The van der Waals surface area contributed by atoms with Crippen molar-refractivity contribution in [3.05, 3.63) is 54.6 Å². The van der Waals surface area contributed by atoms with E-state index in [1.807, 2.05) is 4.72 Å². The van der Waals surface area contributed by atoms with Gasteiger partial charge in [0.1, 0.15) is 17.9 Å². The normalized spacial score (nSPS) is 11.3. The highest BCUT2D eigenvalue weighted by Gasteiger charge is 2.22. The molecule has 11 nitrogen and oxygen atoms in total. The molecule has 0 aliphatic heterocycles. The number of nitrogens with one attached hydrogen (secondary N) is 1. The number of nitrogens with zero attached hydrogens (tertiary/aromatic N) is 2. The van der Waals surface area contributed by atoms with Crippen molar-refractivity contribution in [1.29, 1.82) is 0 Å². The molecule has 2 rings (SSSR count). The molecule has 1 aromatic heterocycles. The second-order valence-electron chi connectivity index (χ2n) is 5.95. The first-order chi connectivity index (χ1) is 13.9. The van der Waals surface area contributed by atoms with Gasteiger partial charge in [-0.15, -0.1) is 0 Å². The summed E-state index contributed by atoms with van der Waals surface area (Å²) in [5, 5.41) is 0.154. The lowest BCUT2D eigenvalue weighted by Crippen LogP contribution is -2.42. The standard InChI is InChI=1S/C16H16Cl2N4O7S/c1-21-14(19)13(15(25)22(2)16(21)26)11(23)7-29-12(24)6-20-30(27,28)8-3-4-9(17)10(18)5-8/h3-5,20H,6-7,19H2,1-2H3. The number of Topliss-reactive ketones (excluding diaryl/α,β-unsaturated/α-hetero) is 1. The van der Waals surface area contributed by atoms with E-state index in [1.54, 1.807) is 0 Å². The molecule has 0 fully saturated rings. The third kappa shape index (κ3) is 4.90. The highest BCUT2D eigenvalue weighted by atomic mass is 35.5. The van der Waals surface area contributed by atoms with Crippen LogP contribution in [0.1, 0.15) is 10.4 Å². The summed E-state index contributed by atoms with van der Waals surface area (Å²) in [5.74, 6) is -2.43. The summed E-state index contributed by atoms with van der Waals surface area (Å²) in [6.07, 6.45) is 0. The van der Waals surface area contributed by atoms with Crippen LogP contribution in [0.15, 0.2) is 32.7 Å². The Morgan fingerprint density at radius 2 is 1.77 bits per heavy atom. The number of esters is 1. The largest absolute Gasteiger partial charge is 0.456 e. The molecule has 30 heavy (non-hydrogen) atoms. The van der Waals surface area contributed by atoms with E-state index >= 15 is 0 Å². The van der Waals surface area contributed by atoms with E-state index in [0.29, 0.717) is 4.57 Å². The molecular formula is C16H16Cl2N4O7S. The number of halogens is 2. The van der Waals surface area contributed by atoms with E-state index in [0.717, 1.165) is 17.7 Å². The van der Waals surface area contributed by atoms with Gasteiger partial charge < -0.3 is 10.5 Å². The van der Waals surface area contributed by atoms with Gasteiger partial charge in [0.05, 0.1) is 14.9 Å². The van der Waals surface area contributed by atoms with Crippen LogP contribution in [0.2, 0.25) is 10.0 Å². The summed E-state index contributed by atoms with van der Waals surface area (Å²) in [7, 11) is -1.69. The predicted octanol–water partition coefficient (Wildman–Crippen LogP) is -0.323. The molecular weight excluding hydrogens is 463 g/mol. The number of anilines is 1. The Hall–Kier alpha value is -2.67. The van der Waals surface area contributed by atoms with Crippen LogP contribution in [0, 0.1) is 0 Å². The molecule has 0 atom stereocenters. The Balaban J connectivity index is 2.05. The summed E-state index contributed by atoms with van der Waals surface area (Å²) in [6, 6.07) is 3.55. The van der Waals surface area contributed by atoms with Crippen molar-refractivity contribution >= 4 is 50.8 Å². The van der Waals surface area contributed by atoms with E-state index in [1.165, 1.54) is 19.2 Å². The molecule has 0 amide bonds. The maximum Gasteiger partial charge on any atom is 0.332 e. The van der Waals surface area contributed by atoms with Gasteiger partial charge in [-0.2, -0.15) is 4.72 Å². The first kappa shape index (κ1) is 23.6. The van der Waals surface area contributed by atoms with E-state index < -0.39 is 51.7 Å². The number of hydrogen-bond acceptors (Lipinski definition) is 8. The van der Waals surface area contributed by atoms with Gasteiger partial charge in [-0.25, -0.2) is 13.2 Å². The van der Waals surface area contributed by atoms with Crippen molar-refractivity contribution in [2.24, 2.45) is 14.1 Å². The van der Waals surface area contributed by atoms with Crippen LogP contribution in [0.4, 0.5) is 5.82 Å². The zero-order chi connectivity index (χ0) is 22.8. The molecule has 0 radical (unpaired) electrons. The van der Waals surface area contributed by atoms with Crippen molar-refractivity contribution < 1.29 is 22.7 Å². The highest BCUT2D eigenvalue weighted by molar-refractivity contribution is 7.89. The smallest absolute Gasteiger partial charge is 0.332 e. The zero-order valence-corrected chi connectivity index (χ0v) is 18.0. The number of ketones is 1. The van der Waals surface area contributed by atoms with Gasteiger partial charge in [-0.05, 0) is 18.2 Å². The predicted molar refractivity (Wildman–Crippen MR) is 108 cm³/mol. The third-order valence-corrected chi connectivity index (χ3v) is 6.10. The number of nitrogen functional groups attached to an aromatic ring is 1. The third-order valence-electron chi connectivity index (χ3n) is 3.96. The van der Waals surface area contributed by atoms with Crippen molar-refractivity contribution in [3.63, 3.8) is 0 Å². The number of nitrogens with two attached hydrogens (primary N) is 1. The van der Waals surface area contributed by atoms with E-state index in [2.05, 4.69) is 0 Å². The van der Waals surface area contributed by atoms with E-state index in [4.69, 9.17) is 33.7 Å². The number of rotatable bonds is 7. The molecule has 14 heteroatoms. The van der Waals surface area contributed by atoms with Crippen molar-refractivity contribution in [2.75, 3.05) is 18.9 Å².